The Morgan fingerprint density at radius 2 is 2.00 bits per heavy atom. The molecule has 136 valence electrons. The zero-order chi connectivity index (χ0) is 18.3. The number of hydrogen-bond donors (Lipinski definition) is 1. The van der Waals surface area contributed by atoms with E-state index in [1.54, 1.807) is 6.33 Å². The second-order valence-corrected chi connectivity index (χ2v) is 6.80. The highest BCUT2D eigenvalue weighted by Gasteiger charge is 2.22. The zero-order valence-electron chi connectivity index (χ0n) is 13.3. The highest BCUT2D eigenvalue weighted by Crippen LogP contribution is 2.30. The van der Waals surface area contributed by atoms with E-state index in [9.17, 15) is 13.2 Å². The van der Waals surface area contributed by atoms with Crippen molar-refractivity contribution in [1.29, 1.82) is 0 Å². The molecule has 0 saturated carbocycles. The van der Waals surface area contributed by atoms with Crippen molar-refractivity contribution >= 4 is 45.3 Å². The molecule has 0 bridgehead atoms. The fraction of sp³-hybridized carbons (Fsp3) is 0.312. The predicted octanol–water partition coefficient (Wildman–Crippen LogP) is 4.29. The van der Waals surface area contributed by atoms with Gasteiger partial charge in [-0.2, -0.15) is 0 Å². The Labute approximate surface area is 159 Å². The van der Waals surface area contributed by atoms with Crippen LogP contribution in [-0.4, -0.2) is 26.1 Å². The minimum absolute atomic E-state index is 0.174. The molecule has 1 unspecified atom stereocenters. The second kappa shape index (κ2) is 6.99. The first-order chi connectivity index (χ1) is 12.5. The van der Waals surface area contributed by atoms with Gasteiger partial charge >= 0.3 is 0 Å². The molecule has 6 nitrogen and oxygen atoms in total. The smallest absolute Gasteiger partial charge is 0.196 e. The summed E-state index contributed by atoms with van der Waals surface area (Å²) in [5, 5.41) is 2.69. The van der Waals surface area contributed by atoms with Crippen molar-refractivity contribution in [1.82, 2.24) is 19.5 Å². The van der Waals surface area contributed by atoms with Gasteiger partial charge in [-0.05, 0) is 31.4 Å². The first kappa shape index (κ1) is 17.5. The predicted molar refractivity (Wildman–Crippen MR) is 96.5 cm³/mol. The summed E-state index contributed by atoms with van der Waals surface area (Å²) < 4.78 is 48.6. The Morgan fingerprint density at radius 3 is 2.77 bits per heavy atom. The van der Waals surface area contributed by atoms with Gasteiger partial charge in [0.2, 0.25) is 0 Å². The molecule has 1 fully saturated rings. The maximum Gasteiger partial charge on any atom is 0.196 e. The van der Waals surface area contributed by atoms with Gasteiger partial charge < -0.3 is 10.1 Å². The lowest BCUT2D eigenvalue weighted by molar-refractivity contribution is -0.0298. The quantitative estimate of drug-likeness (QED) is 0.348. The molecule has 0 spiro atoms. The largest absolute Gasteiger partial charge is 0.358 e. The zero-order valence-corrected chi connectivity index (χ0v) is 15.5. The van der Waals surface area contributed by atoms with E-state index >= 15 is 0 Å². The lowest BCUT2D eigenvalue weighted by Crippen LogP contribution is -2.18. The Kier molecular flexibility index (Phi) is 4.69. The van der Waals surface area contributed by atoms with E-state index in [4.69, 9.17) is 4.74 Å². The second-order valence-electron chi connectivity index (χ2n) is 5.83. The Hall–Kier alpha value is -1.95. The van der Waals surface area contributed by atoms with Crippen LogP contribution in [0.4, 0.5) is 24.7 Å². The summed E-state index contributed by atoms with van der Waals surface area (Å²) in [5.74, 6) is -3.91. The summed E-state index contributed by atoms with van der Waals surface area (Å²) in [7, 11) is 0. The normalized spacial score (nSPS) is 17.6. The van der Waals surface area contributed by atoms with Crippen LogP contribution in [0.5, 0.6) is 0 Å². The third-order valence-corrected chi connectivity index (χ3v) is 4.63. The van der Waals surface area contributed by atoms with Crippen LogP contribution >= 0.6 is 22.6 Å². The molecule has 3 aromatic rings. The molecule has 1 aromatic carbocycles. The van der Waals surface area contributed by atoms with Crippen molar-refractivity contribution in [2.24, 2.45) is 0 Å². The van der Waals surface area contributed by atoms with Gasteiger partial charge in [-0.3, -0.25) is 4.57 Å². The molecule has 3 heterocycles. The van der Waals surface area contributed by atoms with Crippen LogP contribution in [0.15, 0.2) is 18.5 Å². The van der Waals surface area contributed by atoms with Crippen LogP contribution in [0.25, 0.3) is 11.2 Å². The van der Waals surface area contributed by atoms with E-state index in [1.807, 2.05) is 27.2 Å². The number of benzene rings is 1. The standard InChI is InChI=1S/C16H13F3IN5O/c17-8-4-5-9(12(19)11(8)18)22-14-13-15(24-16(20)23-14)25(7-21-13)10-3-1-2-6-26-10/h4-5,7,10H,1-3,6H2,(H,22,23,24). The minimum Gasteiger partial charge on any atom is -0.358 e. The lowest BCUT2D eigenvalue weighted by Gasteiger charge is -2.23. The number of imidazole rings is 1. The third-order valence-electron chi connectivity index (χ3n) is 4.15. The summed E-state index contributed by atoms with van der Waals surface area (Å²) in [6.07, 6.45) is 4.31. The van der Waals surface area contributed by atoms with Crippen LogP contribution in [0.2, 0.25) is 0 Å². The number of anilines is 2. The Balaban J connectivity index is 1.76. The summed E-state index contributed by atoms with van der Waals surface area (Å²) >= 11 is 1.93. The van der Waals surface area contributed by atoms with Gasteiger partial charge in [0.05, 0.1) is 12.0 Å². The number of aromatic nitrogens is 4. The van der Waals surface area contributed by atoms with E-state index in [0.717, 1.165) is 31.4 Å². The maximum absolute atomic E-state index is 14.0. The average molecular weight is 475 g/mol. The number of rotatable bonds is 3. The molecule has 10 heteroatoms. The van der Waals surface area contributed by atoms with Gasteiger partial charge in [0.25, 0.3) is 0 Å². The molecular weight excluding hydrogens is 462 g/mol. The Morgan fingerprint density at radius 1 is 1.15 bits per heavy atom. The first-order valence-corrected chi connectivity index (χ1v) is 9.04. The van der Waals surface area contributed by atoms with Crippen LogP contribution in [0.1, 0.15) is 25.5 Å². The highest BCUT2D eigenvalue weighted by atomic mass is 127. The summed E-state index contributed by atoms with van der Waals surface area (Å²) in [5.41, 5.74) is 0.689. The van der Waals surface area contributed by atoms with E-state index in [0.29, 0.717) is 21.6 Å². The molecule has 26 heavy (non-hydrogen) atoms. The highest BCUT2D eigenvalue weighted by molar-refractivity contribution is 14.1. The molecule has 1 atom stereocenters. The number of nitrogens with one attached hydrogen (secondary N) is 1. The van der Waals surface area contributed by atoms with Gasteiger partial charge in [0.1, 0.15) is 6.23 Å². The Bertz CT molecular complexity index is 974. The van der Waals surface area contributed by atoms with Gasteiger partial charge in [-0.1, -0.05) is 0 Å². The summed E-state index contributed by atoms with van der Waals surface area (Å²) in [4.78, 5) is 12.9. The van der Waals surface area contributed by atoms with E-state index in [-0.39, 0.29) is 17.7 Å². The molecular formula is C16H13F3IN5O. The topological polar surface area (TPSA) is 64.9 Å². The van der Waals surface area contributed by atoms with E-state index < -0.39 is 17.5 Å². The first-order valence-electron chi connectivity index (χ1n) is 7.97. The SMILES string of the molecule is Fc1ccc(Nc2nc(I)nc3c2ncn3C2CCCCO2)c(F)c1F. The van der Waals surface area contributed by atoms with Crippen molar-refractivity contribution < 1.29 is 17.9 Å². The molecule has 2 aromatic heterocycles. The average Bonchev–Trinajstić information content (AvgIpc) is 3.07. The molecule has 0 aliphatic carbocycles. The lowest BCUT2D eigenvalue weighted by atomic mass is 10.2. The van der Waals surface area contributed by atoms with Crippen LogP contribution in [-0.2, 0) is 4.74 Å². The third kappa shape index (κ3) is 3.11. The summed E-state index contributed by atoms with van der Waals surface area (Å²) in [6.45, 7) is 0.664. The molecule has 1 aliphatic rings. The molecule has 1 N–H and O–H groups in total. The fourth-order valence-corrected chi connectivity index (χ4v) is 3.35. The van der Waals surface area contributed by atoms with Crippen molar-refractivity contribution in [3.05, 3.63) is 39.7 Å². The van der Waals surface area contributed by atoms with Crippen LogP contribution < -0.4 is 5.32 Å². The van der Waals surface area contributed by atoms with E-state index in [1.165, 1.54) is 0 Å². The van der Waals surface area contributed by atoms with E-state index in [2.05, 4.69) is 20.3 Å². The molecule has 0 radical (unpaired) electrons. The van der Waals surface area contributed by atoms with Crippen molar-refractivity contribution in [2.45, 2.75) is 25.5 Å². The molecule has 0 amide bonds. The van der Waals surface area contributed by atoms with Crippen molar-refractivity contribution in [2.75, 3.05) is 11.9 Å². The fourth-order valence-electron chi connectivity index (χ4n) is 2.88. The van der Waals surface area contributed by atoms with Crippen molar-refractivity contribution in [3.63, 3.8) is 0 Å². The van der Waals surface area contributed by atoms with Gasteiger partial charge in [-0.25, -0.2) is 28.1 Å². The number of ether oxygens (including phenoxy) is 1. The monoisotopic (exact) mass is 475 g/mol. The van der Waals surface area contributed by atoms with Crippen LogP contribution in [0, 0.1) is 21.3 Å². The van der Waals surface area contributed by atoms with Crippen LogP contribution in [0.3, 0.4) is 0 Å². The maximum atomic E-state index is 14.0. The number of hydrogen-bond acceptors (Lipinski definition) is 5. The van der Waals surface area contributed by atoms with Gasteiger partial charge in [-0.15, -0.1) is 0 Å². The van der Waals surface area contributed by atoms with Gasteiger partial charge in [0, 0.05) is 29.2 Å². The minimum atomic E-state index is -1.55. The van der Waals surface area contributed by atoms with Crippen molar-refractivity contribution in [3.8, 4) is 0 Å². The number of nitrogens with zero attached hydrogens (tertiary/aromatic N) is 4. The number of fused-ring (bicyclic) bond motifs is 1. The summed E-state index contributed by atoms with van der Waals surface area (Å²) in [6, 6.07) is 1.95. The number of halogens is 4. The molecule has 1 saturated heterocycles. The van der Waals surface area contributed by atoms with Gasteiger partial charge in [0.15, 0.2) is 38.3 Å². The molecule has 4 rings (SSSR count). The molecule has 1 aliphatic heterocycles.